The summed E-state index contributed by atoms with van der Waals surface area (Å²) in [4.78, 5) is 23.0. The molecule has 0 bridgehead atoms. The van der Waals surface area contributed by atoms with Gasteiger partial charge in [0, 0.05) is 10.4 Å². The van der Waals surface area contributed by atoms with E-state index in [4.69, 9.17) is 5.11 Å². The third-order valence-corrected chi connectivity index (χ3v) is 3.80. The lowest BCUT2D eigenvalue weighted by Crippen LogP contribution is -2.23. The third-order valence-electron chi connectivity index (χ3n) is 3.11. The molecule has 0 radical (unpaired) electrons. The van der Waals surface area contributed by atoms with Crippen molar-refractivity contribution < 1.29 is 14.7 Å². The normalized spacial score (nSPS) is 18.1. The van der Waals surface area contributed by atoms with Gasteiger partial charge in [-0.15, -0.1) is 0 Å². The molecule has 0 aliphatic heterocycles. The van der Waals surface area contributed by atoms with E-state index in [-0.39, 0.29) is 17.4 Å². The second-order valence-electron chi connectivity index (χ2n) is 4.47. The Hall–Kier alpha value is -1.62. The van der Waals surface area contributed by atoms with Crippen molar-refractivity contribution in [2.24, 2.45) is 5.92 Å². The molecule has 0 saturated heterocycles. The molecule has 1 atom stereocenters. The van der Waals surface area contributed by atoms with Crippen molar-refractivity contribution in [2.75, 3.05) is 5.32 Å². The third kappa shape index (κ3) is 3.44. The number of rotatable bonds is 3. The van der Waals surface area contributed by atoms with E-state index in [0.717, 1.165) is 19.3 Å². The fourth-order valence-corrected chi connectivity index (χ4v) is 2.37. The molecule has 4 nitrogen and oxygen atoms in total. The summed E-state index contributed by atoms with van der Waals surface area (Å²) in [6.45, 7) is 0. The van der Waals surface area contributed by atoms with Gasteiger partial charge >= 0.3 is 5.97 Å². The average molecular weight is 324 g/mol. The van der Waals surface area contributed by atoms with Crippen LogP contribution in [0.4, 0.5) is 5.69 Å². The fraction of sp³-hybridized carbons (Fsp3) is 0.286. The lowest BCUT2D eigenvalue weighted by atomic mass is 9.93. The molecule has 1 aromatic rings. The number of aromatic carboxylic acids is 1. The van der Waals surface area contributed by atoms with Gasteiger partial charge in [0.05, 0.1) is 11.3 Å². The van der Waals surface area contributed by atoms with Crippen LogP contribution in [0.3, 0.4) is 0 Å². The van der Waals surface area contributed by atoms with Gasteiger partial charge in [0.2, 0.25) is 5.91 Å². The summed E-state index contributed by atoms with van der Waals surface area (Å²) in [5.41, 5.74) is 0.654. The number of carbonyl (C=O) groups is 2. The van der Waals surface area contributed by atoms with Gasteiger partial charge in [-0.05, 0) is 53.4 Å². The summed E-state index contributed by atoms with van der Waals surface area (Å²) >= 11 is 3.31. The second kappa shape index (κ2) is 6.02. The van der Waals surface area contributed by atoms with Crippen LogP contribution in [0.5, 0.6) is 0 Å². The predicted molar refractivity (Wildman–Crippen MR) is 76.2 cm³/mol. The molecule has 0 fully saturated rings. The standard InChI is InChI=1S/C14H14BrNO3/c15-11-7-6-10(14(18)19)8-12(11)16-13(17)9-4-2-1-3-5-9/h1-2,6-9H,3-5H2,(H,16,17)(H,18,19). The summed E-state index contributed by atoms with van der Waals surface area (Å²) in [7, 11) is 0. The Labute approximate surface area is 119 Å². The first-order chi connectivity index (χ1) is 9.08. The molecular formula is C14H14BrNO3. The molecule has 100 valence electrons. The lowest BCUT2D eigenvalue weighted by Gasteiger charge is -2.18. The number of carboxylic acids is 1. The maximum Gasteiger partial charge on any atom is 0.335 e. The van der Waals surface area contributed by atoms with Crippen LogP contribution >= 0.6 is 15.9 Å². The zero-order valence-corrected chi connectivity index (χ0v) is 11.8. The van der Waals surface area contributed by atoms with E-state index in [2.05, 4.69) is 27.3 Å². The van der Waals surface area contributed by atoms with E-state index in [0.29, 0.717) is 10.2 Å². The summed E-state index contributed by atoms with van der Waals surface area (Å²) in [6, 6.07) is 4.58. The van der Waals surface area contributed by atoms with Crippen LogP contribution in [-0.4, -0.2) is 17.0 Å². The van der Waals surface area contributed by atoms with Crippen LogP contribution in [0.25, 0.3) is 0 Å². The van der Waals surface area contributed by atoms with Gasteiger partial charge < -0.3 is 10.4 Å². The van der Waals surface area contributed by atoms with Crippen LogP contribution in [0.2, 0.25) is 0 Å². The van der Waals surface area contributed by atoms with Gasteiger partial charge in [0.1, 0.15) is 0 Å². The number of anilines is 1. The minimum absolute atomic E-state index is 0.0367. The highest BCUT2D eigenvalue weighted by atomic mass is 79.9. The largest absolute Gasteiger partial charge is 0.478 e. The molecule has 0 aromatic heterocycles. The van der Waals surface area contributed by atoms with E-state index in [1.54, 1.807) is 6.07 Å². The molecule has 1 unspecified atom stereocenters. The maximum absolute atomic E-state index is 12.1. The van der Waals surface area contributed by atoms with Gasteiger partial charge in [-0.3, -0.25) is 4.79 Å². The summed E-state index contributed by atoms with van der Waals surface area (Å²) in [6.07, 6.45) is 6.57. The first-order valence-electron chi connectivity index (χ1n) is 6.06. The molecule has 0 heterocycles. The molecule has 1 amide bonds. The maximum atomic E-state index is 12.1. The molecule has 5 heteroatoms. The van der Waals surface area contributed by atoms with Crippen molar-refractivity contribution in [2.45, 2.75) is 19.3 Å². The monoisotopic (exact) mass is 323 g/mol. The second-order valence-corrected chi connectivity index (χ2v) is 5.32. The molecule has 1 aromatic carbocycles. The Morgan fingerprint density at radius 1 is 1.32 bits per heavy atom. The molecule has 0 spiro atoms. The first-order valence-corrected chi connectivity index (χ1v) is 6.86. The Balaban J connectivity index is 2.13. The van der Waals surface area contributed by atoms with Gasteiger partial charge in [0.15, 0.2) is 0 Å². The molecular weight excluding hydrogens is 310 g/mol. The van der Waals surface area contributed by atoms with Crippen LogP contribution in [0.1, 0.15) is 29.6 Å². The SMILES string of the molecule is O=C(O)c1ccc(Br)c(NC(=O)C2CC=CCC2)c1. The van der Waals surface area contributed by atoms with Crippen molar-refractivity contribution in [3.8, 4) is 0 Å². The highest BCUT2D eigenvalue weighted by Gasteiger charge is 2.19. The van der Waals surface area contributed by atoms with Gasteiger partial charge in [-0.25, -0.2) is 4.79 Å². The number of hydrogen-bond acceptors (Lipinski definition) is 2. The Bertz CT molecular complexity index is 539. The number of allylic oxidation sites excluding steroid dienone is 2. The Kier molecular flexibility index (Phi) is 4.37. The number of carboxylic acid groups (broad SMARTS) is 1. The van der Waals surface area contributed by atoms with E-state index in [9.17, 15) is 9.59 Å². The van der Waals surface area contributed by atoms with Crippen LogP contribution in [-0.2, 0) is 4.79 Å². The van der Waals surface area contributed by atoms with Crippen molar-refractivity contribution in [3.63, 3.8) is 0 Å². The van der Waals surface area contributed by atoms with Gasteiger partial charge in [-0.2, -0.15) is 0 Å². The molecule has 1 aliphatic rings. The lowest BCUT2D eigenvalue weighted by molar-refractivity contribution is -0.120. The fourth-order valence-electron chi connectivity index (χ4n) is 2.02. The molecule has 2 rings (SSSR count). The summed E-state index contributed by atoms with van der Waals surface area (Å²) in [5.74, 6) is -1.11. The van der Waals surface area contributed by atoms with Crippen LogP contribution < -0.4 is 5.32 Å². The van der Waals surface area contributed by atoms with Crippen LogP contribution in [0.15, 0.2) is 34.8 Å². The molecule has 2 N–H and O–H groups in total. The van der Waals surface area contributed by atoms with E-state index < -0.39 is 5.97 Å². The quantitative estimate of drug-likeness (QED) is 0.837. The average Bonchev–Trinajstić information content (AvgIpc) is 2.42. The minimum atomic E-state index is -1.01. The van der Waals surface area contributed by atoms with Crippen molar-refractivity contribution >= 4 is 33.5 Å². The summed E-state index contributed by atoms with van der Waals surface area (Å²) < 4.78 is 0.678. The zero-order valence-electron chi connectivity index (χ0n) is 10.2. The number of carbonyl (C=O) groups excluding carboxylic acids is 1. The van der Waals surface area contributed by atoms with Gasteiger partial charge in [0.25, 0.3) is 0 Å². The molecule has 19 heavy (non-hydrogen) atoms. The number of nitrogens with one attached hydrogen (secondary N) is 1. The zero-order chi connectivity index (χ0) is 13.8. The highest BCUT2D eigenvalue weighted by molar-refractivity contribution is 9.10. The van der Waals surface area contributed by atoms with Crippen molar-refractivity contribution in [1.29, 1.82) is 0 Å². The Morgan fingerprint density at radius 3 is 2.74 bits per heavy atom. The number of hydrogen-bond donors (Lipinski definition) is 2. The van der Waals surface area contributed by atoms with Crippen LogP contribution in [0, 0.1) is 5.92 Å². The summed E-state index contributed by atoms with van der Waals surface area (Å²) in [5, 5.41) is 11.7. The van der Waals surface area contributed by atoms with Crippen molar-refractivity contribution in [1.82, 2.24) is 0 Å². The van der Waals surface area contributed by atoms with Gasteiger partial charge in [-0.1, -0.05) is 12.2 Å². The molecule has 1 aliphatic carbocycles. The number of halogens is 1. The highest BCUT2D eigenvalue weighted by Crippen LogP contribution is 2.26. The van der Waals surface area contributed by atoms with E-state index in [1.165, 1.54) is 12.1 Å². The van der Waals surface area contributed by atoms with E-state index in [1.807, 2.05) is 6.08 Å². The first kappa shape index (κ1) is 13.8. The topological polar surface area (TPSA) is 66.4 Å². The number of amides is 1. The smallest absolute Gasteiger partial charge is 0.335 e. The molecule has 0 saturated carbocycles. The van der Waals surface area contributed by atoms with E-state index >= 15 is 0 Å². The minimum Gasteiger partial charge on any atom is -0.478 e. The predicted octanol–water partition coefficient (Wildman–Crippen LogP) is 3.44. The van der Waals surface area contributed by atoms with Crippen molar-refractivity contribution in [3.05, 3.63) is 40.4 Å². The number of benzene rings is 1. The Morgan fingerprint density at radius 2 is 2.11 bits per heavy atom.